The molecular weight excluding hydrogens is 264 g/mol. The third kappa shape index (κ3) is 3.09. The van der Waals surface area contributed by atoms with Crippen LogP contribution >= 0.6 is 0 Å². The first-order valence-corrected chi connectivity index (χ1v) is 8.02. The molecule has 3 heteroatoms. The fourth-order valence-corrected chi connectivity index (χ4v) is 3.78. The van der Waals surface area contributed by atoms with Gasteiger partial charge in [0.1, 0.15) is 5.75 Å². The smallest absolute Gasteiger partial charge is 0.118 e. The summed E-state index contributed by atoms with van der Waals surface area (Å²) in [5.74, 6) is 1.19. The normalized spacial score (nSPS) is 26.9. The Kier molecular flexibility index (Phi) is 3.98. The number of rotatable bonds is 4. The number of benzene rings is 1. The summed E-state index contributed by atoms with van der Waals surface area (Å²) >= 11 is 0. The fraction of sp³-hybridized carbons (Fsp3) is 0.667. The van der Waals surface area contributed by atoms with E-state index >= 15 is 0 Å². The Balaban J connectivity index is 1.67. The predicted octanol–water partition coefficient (Wildman–Crippen LogP) is 3.34. The van der Waals surface area contributed by atoms with Crippen LogP contribution in [0.15, 0.2) is 24.3 Å². The molecule has 21 heavy (non-hydrogen) atoms. The van der Waals surface area contributed by atoms with E-state index in [0.717, 1.165) is 30.8 Å². The summed E-state index contributed by atoms with van der Waals surface area (Å²) < 4.78 is 11.2. The molecule has 1 aromatic carbocycles. The molecule has 0 aromatic heterocycles. The lowest BCUT2D eigenvalue weighted by molar-refractivity contribution is -0.172. The van der Waals surface area contributed by atoms with Gasteiger partial charge in [0.2, 0.25) is 0 Å². The maximum Gasteiger partial charge on any atom is 0.118 e. The first-order chi connectivity index (χ1) is 10.0. The van der Waals surface area contributed by atoms with Crippen molar-refractivity contribution in [1.82, 2.24) is 0 Å². The van der Waals surface area contributed by atoms with Crippen molar-refractivity contribution in [3.8, 4) is 5.75 Å². The van der Waals surface area contributed by atoms with E-state index in [9.17, 15) is 5.11 Å². The first kappa shape index (κ1) is 14.9. The highest BCUT2D eigenvalue weighted by Gasteiger charge is 2.47. The Morgan fingerprint density at radius 3 is 2.62 bits per heavy atom. The van der Waals surface area contributed by atoms with E-state index in [0.29, 0.717) is 12.3 Å². The number of hydrogen-bond acceptors (Lipinski definition) is 3. The number of hydrogen-bond donors (Lipinski definition) is 1. The van der Waals surface area contributed by atoms with Gasteiger partial charge >= 0.3 is 0 Å². The lowest BCUT2D eigenvalue weighted by Crippen LogP contribution is -2.51. The largest absolute Gasteiger partial charge is 0.497 e. The standard InChI is InChI=1S/C18H26O3/c1-17(19,12-14-4-6-16(20-2)7-5-14)15-8-11-21-18(13-15)9-3-10-18/h4-7,15,19H,3,8-13H2,1-2H3. The summed E-state index contributed by atoms with van der Waals surface area (Å²) in [6.45, 7) is 2.78. The van der Waals surface area contributed by atoms with Gasteiger partial charge in [0.05, 0.1) is 18.3 Å². The molecule has 2 atom stereocenters. The maximum atomic E-state index is 11.0. The highest BCUT2D eigenvalue weighted by molar-refractivity contribution is 5.28. The maximum absolute atomic E-state index is 11.0. The topological polar surface area (TPSA) is 38.7 Å². The molecule has 2 fully saturated rings. The van der Waals surface area contributed by atoms with Crippen molar-refractivity contribution in [3.05, 3.63) is 29.8 Å². The van der Waals surface area contributed by atoms with E-state index in [1.165, 1.54) is 19.3 Å². The van der Waals surface area contributed by atoms with E-state index in [4.69, 9.17) is 9.47 Å². The van der Waals surface area contributed by atoms with Crippen LogP contribution in [0.3, 0.4) is 0 Å². The van der Waals surface area contributed by atoms with Crippen LogP contribution in [-0.2, 0) is 11.2 Å². The van der Waals surface area contributed by atoms with Gasteiger partial charge in [-0.2, -0.15) is 0 Å². The van der Waals surface area contributed by atoms with Crippen LogP contribution in [0.5, 0.6) is 5.75 Å². The molecule has 1 spiro atoms. The summed E-state index contributed by atoms with van der Waals surface area (Å²) in [6, 6.07) is 8.02. The molecular formula is C18H26O3. The van der Waals surface area contributed by atoms with Crippen LogP contribution in [0.4, 0.5) is 0 Å². The highest BCUT2D eigenvalue weighted by Crippen LogP contribution is 2.47. The fourth-order valence-electron chi connectivity index (χ4n) is 3.78. The minimum Gasteiger partial charge on any atom is -0.497 e. The first-order valence-electron chi connectivity index (χ1n) is 8.02. The minimum absolute atomic E-state index is 0.0901. The van der Waals surface area contributed by atoms with Crippen molar-refractivity contribution < 1.29 is 14.6 Å². The van der Waals surface area contributed by atoms with Gasteiger partial charge in [0.25, 0.3) is 0 Å². The summed E-state index contributed by atoms with van der Waals surface area (Å²) in [5, 5.41) is 11.0. The molecule has 1 aliphatic heterocycles. The van der Waals surface area contributed by atoms with Crippen molar-refractivity contribution in [2.45, 2.75) is 56.7 Å². The average molecular weight is 290 g/mol. The van der Waals surface area contributed by atoms with Crippen molar-refractivity contribution >= 4 is 0 Å². The molecule has 1 aliphatic carbocycles. The molecule has 1 saturated heterocycles. The summed E-state index contributed by atoms with van der Waals surface area (Å²) in [7, 11) is 1.67. The second kappa shape index (κ2) is 5.62. The monoisotopic (exact) mass is 290 g/mol. The molecule has 0 amide bonds. The van der Waals surface area contributed by atoms with Crippen molar-refractivity contribution in [1.29, 1.82) is 0 Å². The Hall–Kier alpha value is -1.06. The van der Waals surface area contributed by atoms with Gasteiger partial charge < -0.3 is 14.6 Å². The van der Waals surface area contributed by atoms with Crippen LogP contribution in [0, 0.1) is 5.92 Å². The summed E-state index contributed by atoms with van der Waals surface area (Å²) in [4.78, 5) is 0. The quantitative estimate of drug-likeness (QED) is 0.924. The van der Waals surface area contributed by atoms with Gasteiger partial charge in [-0.1, -0.05) is 12.1 Å². The Morgan fingerprint density at radius 1 is 1.33 bits per heavy atom. The molecule has 2 aliphatic rings. The van der Waals surface area contributed by atoms with Crippen LogP contribution in [0.1, 0.15) is 44.6 Å². The zero-order valence-corrected chi connectivity index (χ0v) is 13.1. The second-order valence-corrected chi connectivity index (χ2v) is 6.96. The van der Waals surface area contributed by atoms with Gasteiger partial charge in [-0.25, -0.2) is 0 Å². The zero-order chi connectivity index (χ0) is 14.9. The van der Waals surface area contributed by atoms with Gasteiger partial charge in [-0.15, -0.1) is 0 Å². The van der Waals surface area contributed by atoms with Gasteiger partial charge in [-0.3, -0.25) is 0 Å². The Morgan fingerprint density at radius 2 is 2.05 bits per heavy atom. The SMILES string of the molecule is COc1ccc(CC(C)(O)C2CCOC3(CCC3)C2)cc1. The predicted molar refractivity (Wildman–Crippen MR) is 82.6 cm³/mol. The van der Waals surface area contributed by atoms with Crippen molar-refractivity contribution in [2.75, 3.05) is 13.7 Å². The average Bonchev–Trinajstić information content (AvgIpc) is 2.46. The number of methoxy groups -OCH3 is 1. The van der Waals surface area contributed by atoms with Crippen molar-refractivity contribution in [2.24, 2.45) is 5.92 Å². The molecule has 3 rings (SSSR count). The van der Waals surface area contributed by atoms with Crippen LogP contribution in [0.25, 0.3) is 0 Å². The van der Waals surface area contributed by atoms with Gasteiger partial charge in [0.15, 0.2) is 0 Å². The van der Waals surface area contributed by atoms with Gasteiger partial charge in [-0.05, 0) is 62.6 Å². The molecule has 2 unspecified atom stereocenters. The van der Waals surface area contributed by atoms with E-state index in [1.807, 2.05) is 31.2 Å². The molecule has 116 valence electrons. The summed E-state index contributed by atoms with van der Waals surface area (Å²) in [6.07, 6.45) is 6.27. The molecule has 1 N–H and O–H groups in total. The van der Waals surface area contributed by atoms with Gasteiger partial charge in [0, 0.05) is 13.0 Å². The Labute approximate surface area is 127 Å². The van der Waals surface area contributed by atoms with Crippen LogP contribution in [0.2, 0.25) is 0 Å². The third-order valence-electron chi connectivity index (χ3n) is 5.36. The van der Waals surface area contributed by atoms with E-state index < -0.39 is 5.60 Å². The minimum atomic E-state index is -0.666. The van der Waals surface area contributed by atoms with Crippen molar-refractivity contribution in [3.63, 3.8) is 0 Å². The van der Waals surface area contributed by atoms with Crippen LogP contribution in [-0.4, -0.2) is 30.0 Å². The highest BCUT2D eigenvalue weighted by atomic mass is 16.5. The Bertz CT molecular complexity index is 474. The van der Waals surface area contributed by atoms with Crippen LogP contribution < -0.4 is 4.74 Å². The molecule has 3 nitrogen and oxygen atoms in total. The molecule has 1 heterocycles. The second-order valence-electron chi connectivity index (χ2n) is 6.96. The summed E-state index contributed by atoms with van der Waals surface area (Å²) in [5.41, 5.74) is 0.586. The zero-order valence-electron chi connectivity index (χ0n) is 13.1. The third-order valence-corrected chi connectivity index (χ3v) is 5.36. The van der Waals surface area contributed by atoms with E-state index in [2.05, 4.69) is 0 Å². The van der Waals surface area contributed by atoms with E-state index in [1.54, 1.807) is 7.11 Å². The molecule has 1 saturated carbocycles. The number of ether oxygens (including phenoxy) is 2. The molecule has 0 radical (unpaired) electrons. The molecule has 0 bridgehead atoms. The molecule has 1 aromatic rings. The lowest BCUT2D eigenvalue weighted by atomic mass is 9.67. The number of aliphatic hydroxyl groups is 1. The van der Waals surface area contributed by atoms with E-state index in [-0.39, 0.29) is 5.60 Å². The lowest BCUT2D eigenvalue weighted by Gasteiger charge is -2.50.